The van der Waals surface area contributed by atoms with Gasteiger partial charge in [-0.15, -0.1) is 0 Å². The van der Waals surface area contributed by atoms with Crippen molar-refractivity contribution >= 4 is 27.9 Å². The Balaban J connectivity index is 2.09. The monoisotopic (exact) mass is 420 g/mol. The van der Waals surface area contributed by atoms with E-state index in [9.17, 15) is 24.1 Å². The zero-order valence-corrected chi connectivity index (χ0v) is 14.7. The number of phosphoric acid groups is 2. The third-order valence-electron chi connectivity index (χ3n) is 3.07. The van der Waals surface area contributed by atoms with Gasteiger partial charge < -0.3 is 29.6 Å². The van der Waals surface area contributed by atoms with Crippen LogP contribution in [0, 0.1) is 4.64 Å². The Morgan fingerprint density at radius 1 is 1.28 bits per heavy atom. The van der Waals surface area contributed by atoms with E-state index in [0.29, 0.717) is 0 Å². The van der Waals surface area contributed by atoms with Crippen molar-refractivity contribution in [2.75, 3.05) is 6.61 Å². The van der Waals surface area contributed by atoms with Crippen LogP contribution in [0.5, 0.6) is 0 Å². The van der Waals surface area contributed by atoms with Crippen LogP contribution in [0.4, 0.5) is 0 Å². The highest BCUT2D eigenvalue weighted by molar-refractivity contribution is 7.71. The first kappa shape index (κ1) is 20.6. The van der Waals surface area contributed by atoms with Gasteiger partial charge in [0.25, 0.3) is 0 Å². The van der Waals surface area contributed by atoms with Crippen LogP contribution >= 0.6 is 27.9 Å². The molecule has 1 aliphatic rings. The van der Waals surface area contributed by atoms with E-state index in [0.717, 1.165) is 4.57 Å². The minimum atomic E-state index is -5.30. The first-order valence-corrected chi connectivity index (χ1v) is 9.90. The van der Waals surface area contributed by atoms with Gasteiger partial charge in [-0.2, -0.15) is 4.31 Å². The first-order chi connectivity index (χ1) is 11.4. The largest absolute Gasteiger partial charge is 0.481 e. The summed E-state index contributed by atoms with van der Waals surface area (Å²) < 4.78 is 36.1. The topological polar surface area (TPSA) is 201 Å². The second-order valence-electron chi connectivity index (χ2n) is 4.90. The van der Waals surface area contributed by atoms with Gasteiger partial charge in [0, 0.05) is 6.20 Å². The molecule has 0 amide bonds. The molecule has 6 N–H and O–H groups in total. The number of aromatic amines is 1. The van der Waals surface area contributed by atoms with Crippen LogP contribution in [0.1, 0.15) is 6.23 Å². The number of H-pyrrole nitrogens is 1. The zero-order chi connectivity index (χ0) is 19.0. The average molecular weight is 420 g/mol. The van der Waals surface area contributed by atoms with Gasteiger partial charge in [0.2, 0.25) is 0 Å². The molecule has 2 rings (SSSR count). The molecule has 142 valence electrons. The fourth-order valence-electron chi connectivity index (χ4n) is 2.05. The highest BCUT2D eigenvalue weighted by Gasteiger charge is 2.45. The summed E-state index contributed by atoms with van der Waals surface area (Å²) >= 11 is 4.76. The maximum absolute atomic E-state index is 11.8. The minimum absolute atomic E-state index is 0.130. The van der Waals surface area contributed by atoms with E-state index < -0.39 is 52.5 Å². The number of nitrogens with zero attached hydrogens (tertiary/aromatic N) is 1. The Bertz CT molecular complexity index is 833. The number of aromatic nitrogens is 2. The van der Waals surface area contributed by atoms with Crippen molar-refractivity contribution in [2.45, 2.75) is 24.5 Å². The molecule has 1 fully saturated rings. The molecule has 1 saturated heterocycles. The highest BCUT2D eigenvalue weighted by atomic mass is 32.1. The molecule has 0 radical (unpaired) electrons. The van der Waals surface area contributed by atoms with Crippen LogP contribution in [0.2, 0.25) is 0 Å². The van der Waals surface area contributed by atoms with Crippen LogP contribution in [-0.2, 0) is 22.7 Å². The Labute approximate surface area is 144 Å². The second-order valence-corrected chi connectivity index (χ2v) is 8.17. The summed E-state index contributed by atoms with van der Waals surface area (Å²) in [7, 11) is -10.4. The molecule has 0 saturated carbocycles. The van der Waals surface area contributed by atoms with Crippen molar-refractivity contribution in [3.05, 3.63) is 27.4 Å². The summed E-state index contributed by atoms with van der Waals surface area (Å²) in [5, 5.41) is 19.9. The molecule has 2 heterocycles. The average Bonchev–Trinajstić information content (AvgIpc) is 2.71. The maximum atomic E-state index is 11.8. The molecule has 25 heavy (non-hydrogen) atoms. The lowest BCUT2D eigenvalue weighted by Crippen LogP contribution is -2.36. The van der Waals surface area contributed by atoms with Crippen molar-refractivity contribution in [1.82, 2.24) is 9.55 Å². The molecule has 1 aliphatic heterocycles. The number of rotatable bonds is 6. The summed E-state index contributed by atoms with van der Waals surface area (Å²) in [5.41, 5.74) is -0.733. The molecule has 1 aromatic rings. The van der Waals surface area contributed by atoms with Gasteiger partial charge >= 0.3 is 21.3 Å². The molecule has 13 nitrogen and oxygen atoms in total. The predicted octanol–water partition coefficient (Wildman–Crippen LogP) is -1.25. The van der Waals surface area contributed by atoms with Gasteiger partial charge in [-0.3, -0.25) is 14.1 Å². The van der Waals surface area contributed by atoms with E-state index >= 15 is 0 Å². The Morgan fingerprint density at radius 2 is 1.92 bits per heavy atom. The smallest absolute Gasteiger partial charge is 0.387 e. The standard InChI is InChI=1S/C9H14N2O11P2S/c12-6-4(3-20-24(18,19)22-23(15,16)17)21-8(7(6)13)11-2-1-5(25)10-9(11)14/h1-2,4,6-8,12-13H,3H2,(H,18,19)(H,10,14,25)(H2,15,16,17)/t4-,6+,7-,8-/m1/s1. The Morgan fingerprint density at radius 3 is 2.48 bits per heavy atom. The predicted molar refractivity (Wildman–Crippen MR) is 80.7 cm³/mol. The van der Waals surface area contributed by atoms with Crippen molar-refractivity contribution in [1.29, 1.82) is 0 Å². The lowest BCUT2D eigenvalue weighted by Gasteiger charge is -2.17. The molecule has 0 bridgehead atoms. The van der Waals surface area contributed by atoms with Crippen LogP contribution in [0.3, 0.4) is 0 Å². The summed E-state index contributed by atoms with van der Waals surface area (Å²) in [4.78, 5) is 40.2. The SMILES string of the molecule is O=c1[nH]c(=S)ccn1[C@@H]1O[C@H](COP(=O)(O)OP(=O)(O)O)[C@H](O)[C@H]1O. The van der Waals surface area contributed by atoms with Gasteiger partial charge in [-0.1, -0.05) is 12.2 Å². The first-order valence-electron chi connectivity index (χ1n) is 6.47. The molecular weight excluding hydrogens is 406 g/mol. The van der Waals surface area contributed by atoms with Crippen molar-refractivity contribution in [2.24, 2.45) is 0 Å². The lowest BCUT2D eigenvalue weighted by atomic mass is 10.1. The van der Waals surface area contributed by atoms with Crippen molar-refractivity contribution in [3.63, 3.8) is 0 Å². The number of aliphatic hydroxyl groups is 2. The summed E-state index contributed by atoms with van der Waals surface area (Å²) in [6.45, 7) is -0.861. The maximum Gasteiger partial charge on any atom is 0.481 e. The van der Waals surface area contributed by atoms with E-state index in [-0.39, 0.29) is 4.64 Å². The van der Waals surface area contributed by atoms with Crippen LogP contribution in [0.25, 0.3) is 0 Å². The fraction of sp³-hybridized carbons (Fsp3) is 0.556. The number of aliphatic hydroxyl groups excluding tert-OH is 2. The summed E-state index contributed by atoms with van der Waals surface area (Å²) in [5.74, 6) is 0. The molecule has 0 aliphatic carbocycles. The van der Waals surface area contributed by atoms with Crippen molar-refractivity contribution in [3.8, 4) is 0 Å². The van der Waals surface area contributed by atoms with Gasteiger partial charge in [0.1, 0.15) is 23.0 Å². The van der Waals surface area contributed by atoms with E-state index in [1.165, 1.54) is 12.3 Å². The van der Waals surface area contributed by atoms with Gasteiger partial charge in [0.15, 0.2) is 6.23 Å². The van der Waals surface area contributed by atoms with Crippen LogP contribution < -0.4 is 5.69 Å². The van der Waals surface area contributed by atoms with Gasteiger partial charge in [-0.05, 0) is 6.07 Å². The molecule has 0 aromatic carbocycles. The fourth-order valence-corrected chi connectivity index (χ4v) is 3.80. The van der Waals surface area contributed by atoms with E-state index in [1.807, 2.05) is 0 Å². The molecular formula is C9H14N2O11P2S. The minimum Gasteiger partial charge on any atom is -0.387 e. The van der Waals surface area contributed by atoms with Crippen LogP contribution in [0.15, 0.2) is 17.1 Å². The third kappa shape index (κ3) is 5.36. The van der Waals surface area contributed by atoms with Crippen molar-refractivity contribution < 1.29 is 47.6 Å². The Hall–Kier alpha value is -0.760. The number of nitrogens with one attached hydrogen (secondary N) is 1. The third-order valence-corrected chi connectivity index (χ3v) is 5.46. The zero-order valence-electron chi connectivity index (χ0n) is 12.1. The molecule has 0 spiro atoms. The number of phosphoric ester groups is 1. The second kappa shape index (κ2) is 7.47. The Kier molecular flexibility index (Phi) is 6.14. The normalized spacial score (nSPS) is 29.5. The van der Waals surface area contributed by atoms with E-state index in [2.05, 4.69) is 13.8 Å². The molecule has 16 heteroatoms. The van der Waals surface area contributed by atoms with Gasteiger partial charge in [-0.25, -0.2) is 13.9 Å². The number of ether oxygens (including phenoxy) is 1. The van der Waals surface area contributed by atoms with Gasteiger partial charge in [0.05, 0.1) is 6.61 Å². The quantitative estimate of drug-likeness (QED) is 0.236. The lowest BCUT2D eigenvalue weighted by molar-refractivity contribution is -0.0542. The molecule has 1 aromatic heterocycles. The van der Waals surface area contributed by atoms with Crippen LogP contribution in [-0.4, -0.2) is 59.4 Å². The van der Waals surface area contributed by atoms with E-state index in [4.69, 9.17) is 31.6 Å². The number of hydrogen-bond donors (Lipinski definition) is 6. The van der Waals surface area contributed by atoms with E-state index in [1.54, 1.807) is 0 Å². The molecule has 1 unspecified atom stereocenters. The summed E-state index contributed by atoms with van der Waals surface area (Å²) in [6, 6.07) is 1.33. The molecule has 5 atom stereocenters. The highest BCUT2D eigenvalue weighted by Crippen LogP contribution is 2.57. The summed E-state index contributed by atoms with van der Waals surface area (Å²) in [6.07, 6.45) is -4.77. The number of hydrogen-bond acceptors (Lipinski definition) is 9.